The third-order valence-corrected chi connectivity index (χ3v) is 2.55. The number of aromatic nitrogens is 2. The second kappa shape index (κ2) is 3.93. The Balaban J connectivity index is 2.60. The first-order chi connectivity index (χ1) is 7.99. The summed E-state index contributed by atoms with van der Waals surface area (Å²) in [6, 6.07) is 7.21. The Morgan fingerprint density at radius 3 is 2.65 bits per heavy atom. The smallest absolute Gasteiger partial charge is 0.356 e. The molecule has 2 aromatic rings. The maximum atomic E-state index is 10.8. The second-order valence-corrected chi connectivity index (χ2v) is 3.96. The Hall–Kier alpha value is -2.30. The van der Waals surface area contributed by atoms with Crippen molar-refractivity contribution >= 4 is 11.8 Å². The highest BCUT2D eigenvalue weighted by Gasteiger charge is 2.13. The number of carbonyl (C=O) groups is 1. The first-order valence-electron chi connectivity index (χ1n) is 5.15. The number of aromatic carboxylic acids is 1. The Labute approximate surface area is 98.5 Å². The number of hydrogen-bond donors (Lipinski definition) is 2. The zero-order valence-corrected chi connectivity index (χ0v) is 9.64. The van der Waals surface area contributed by atoms with E-state index in [1.54, 1.807) is 0 Å². The normalized spacial score (nSPS) is 10.5. The fraction of sp³-hybridized carbons (Fsp3) is 0.167. The maximum Gasteiger partial charge on any atom is 0.356 e. The van der Waals surface area contributed by atoms with Gasteiger partial charge >= 0.3 is 5.97 Å². The van der Waals surface area contributed by atoms with Crippen LogP contribution in [0.1, 0.15) is 21.6 Å². The standard InChI is InChI=1S/C12H13N3O2/c1-7-3-4-8(2)10(5-7)15-11(13)6-9(14-15)12(16)17/h3-6H,13H2,1-2H3,(H,16,17). The average Bonchev–Trinajstić information content (AvgIpc) is 2.64. The number of hydrogen-bond acceptors (Lipinski definition) is 3. The molecule has 0 spiro atoms. The summed E-state index contributed by atoms with van der Waals surface area (Å²) >= 11 is 0. The van der Waals surface area contributed by atoms with E-state index in [-0.39, 0.29) is 5.69 Å². The van der Waals surface area contributed by atoms with E-state index >= 15 is 0 Å². The monoisotopic (exact) mass is 231 g/mol. The van der Waals surface area contributed by atoms with Crippen LogP contribution in [0.5, 0.6) is 0 Å². The molecule has 5 nitrogen and oxygen atoms in total. The molecule has 1 aromatic carbocycles. The van der Waals surface area contributed by atoms with Gasteiger partial charge in [0, 0.05) is 6.07 Å². The Morgan fingerprint density at radius 1 is 1.35 bits per heavy atom. The molecule has 17 heavy (non-hydrogen) atoms. The lowest BCUT2D eigenvalue weighted by Gasteiger charge is -2.08. The van der Waals surface area contributed by atoms with Crippen molar-refractivity contribution in [2.45, 2.75) is 13.8 Å². The lowest BCUT2D eigenvalue weighted by molar-refractivity contribution is 0.0690. The first-order valence-corrected chi connectivity index (χ1v) is 5.15. The van der Waals surface area contributed by atoms with E-state index in [4.69, 9.17) is 10.8 Å². The van der Waals surface area contributed by atoms with Gasteiger partial charge in [0.1, 0.15) is 5.82 Å². The van der Waals surface area contributed by atoms with Gasteiger partial charge in [0.05, 0.1) is 5.69 Å². The fourth-order valence-electron chi connectivity index (χ4n) is 1.64. The molecule has 0 aliphatic rings. The van der Waals surface area contributed by atoms with Crippen LogP contribution in [-0.4, -0.2) is 20.9 Å². The molecule has 0 atom stereocenters. The molecule has 1 aromatic heterocycles. The molecule has 0 aliphatic heterocycles. The lowest BCUT2D eigenvalue weighted by atomic mass is 10.1. The molecule has 0 bridgehead atoms. The minimum atomic E-state index is -1.08. The van der Waals surface area contributed by atoms with Gasteiger partial charge < -0.3 is 10.8 Å². The van der Waals surface area contributed by atoms with Crippen LogP contribution in [0.25, 0.3) is 5.69 Å². The van der Waals surface area contributed by atoms with E-state index in [0.717, 1.165) is 16.8 Å². The number of carboxylic acid groups (broad SMARTS) is 1. The van der Waals surface area contributed by atoms with E-state index in [1.807, 2.05) is 32.0 Å². The van der Waals surface area contributed by atoms with Crippen LogP contribution in [0, 0.1) is 13.8 Å². The molecule has 2 rings (SSSR count). The van der Waals surface area contributed by atoms with Crippen molar-refractivity contribution in [2.75, 3.05) is 5.73 Å². The minimum Gasteiger partial charge on any atom is -0.476 e. The number of carboxylic acids is 1. The van der Waals surface area contributed by atoms with Gasteiger partial charge in [0.2, 0.25) is 0 Å². The fourth-order valence-corrected chi connectivity index (χ4v) is 1.64. The van der Waals surface area contributed by atoms with Crippen LogP contribution in [0.15, 0.2) is 24.3 Å². The van der Waals surface area contributed by atoms with Crippen molar-refractivity contribution in [3.8, 4) is 5.69 Å². The van der Waals surface area contributed by atoms with Gasteiger partial charge in [-0.25, -0.2) is 9.48 Å². The number of anilines is 1. The third-order valence-electron chi connectivity index (χ3n) is 2.55. The summed E-state index contributed by atoms with van der Waals surface area (Å²) in [5, 5.41) is 12.8. The zero-order valence-electron chi connectivity index (χ0n) is 9.64. The lowest BCUT2D eigenvalue weighted by Crippen LogP contribution is -2.05. The highest BCUT2D eigenvalue weighted by atomic mass is 16.4. The molecule has 0 fully saturated rings. The molecule has 0 aliphatic carbocycles. The Bertz CT molecular complexity index is 587. The molecule has 88 valence electrons. The largest absolute Gasteiger partial charge is 0.476 e. The van der Waals surface area contributed by atoms with Crippen molar-refractivity contribution in [2.24, 2.45) is 0 Å². The number of nitrogen functional groups attached to an aromatic ring is 1. The molecule has 0 amide bonds. The topological polar surface area (TPSA) is 81.1 Å². The van der Waals surface area contributed by atoms with Crippen LogP contribution >= 0.6 is 0 Å². The van der Waals surface area contributed by atoms with E-state index in [2.05, 4.69) is 5.10 Å². The van der Waals surface area contributed by atoms with Gasteiger partial charge in [0.15, 0.2) is 5.69 Å². The summed E-state index contributed by atoms with van der Waals surface area (Å²) in [6.07, 6.45) is 0. The van der Waals surface area contributed by atoms with Gasteiger partial charge in [-0.2, -0.15) is 5.10 Å². The zero-order chi connectivity index (χ0) is 12.6. The molecule has 0 saturated carbocycles. The highest BCUT2D eigenvalue weighted by molar-refractivity contribution is 5.86. The van der Waals surface area contributed by atoms with Crippen LogP contribution in [0.2, 0.25) is 0 Å². The van der Waals surface area contributed by atoms with Crippen molar-refractivity contribution in [1.29, 1.82) is 0 Å². The number of aryl methyl sites for hydroxylation is 2. The summed E-state index contributed by atoms with van der Waals surface area (Å²) in [7, 11) is 0. The van der Waals surface area contributed by atoms with Crippen molar-refractivity contribution in [1.82, 2.24) is 9.78 Å². The first kappa shape index (κ1) is 11.2. The van der Waals surface area contributed by atoms with Crippen LogP contribution < -0.4 is 5.73 Å². The number of benzene rings is 1. The predicted octanol–water partition coefficient (Wildman–Crippen LogP) is 1.77. The van der Waals surface area contributed by atoms with E-state index in [1.165, 1.54) is 10.7 Å². The summed E-state index contributed by atoms with van der Waals surface area (Å²) in [4.78, 5) is 10.8. The minimum absolute atomic E-state index is 0.0524. The molecule has 0 unspecified atom stereocenters. The van der Waals surface area contributed by atoms with E-state index in [9.17, 15) is 4.79 Å². The number of rotatable bonds is 2. The summed E-state index contributed by atoms with van der Waals surface area (Å²) in [5.41, 5.74) is 8.57. The van der Waals surface area contributed by atoms with Crippen LogP contribution in [0.3, 0.4) is 0 Å². The van der Waals surface area contributed by atoms with E-state index in [0.29, 0.717) is 5.82 Å². The van der Waals surface area contributed by atoms with Gasteiger partial charge in [-0.1, -0.05) is 12.1 Å². The van der Waals surface area contributed by atoms with E-state index < -0.39 is 5.97 Å². The third kappa shape index (κ3) is 1.99. The molecule has 3 N–H and O–H groups in total. The molecule has 0 radical (unpaired) electrons. The summed E-state index contributed by atoms with van der Waals surface area (Å²) < 4.78 is 1.45. The second-order valence-electron chi connectivity index (χ2n) is 3.96. The molecular weight excluding hydrogens is 218 g/mol. The van der Waals surface area contributed by atoms with Gasteiger partial charge in [-0.05, 0) is 31.0 Å². The predicted molar refractivity (Wildman–Crippen MR) is 64.4 cm³/mol. The van der Waals surface area contributed by atoms with Crippen molar-refractivity contribution < 1.29 is 9.90 Å². The maximum absolute atomic E-state index is 10.8. The van der Waals surface area contributed by atoms with Crippen molar-refractivity contribution in [3.05, 3.63) is 41.1 Å². The van der Waals surface area contributed by atoms with Crippen molar-refractivity contribution in [3.63, 3.8) is 0 Å². The molecule has 0 saturated heterocycles. The average molecular weight is 231 g/mol. The number of nitrogens with two attached hydrogens (primary N) is 1. The quantitative estimate of drug-likeness (QED) is 0.825. The van der Waals surface area contributed by atoms with Gasteiger partial charge in [-0.3, -0.25) is 0 Å². The van der Waals surface area contributed by atoms with Gasteiger partial charge in [-0.15, -0.1) is 0 Å². The summed E-state index contributed by atoms with van der Waals surface area (Å²) in [6.45, 7) is 3.89. The number of nitrogens with zero attached hydrogens (tertiary/aromatic N) is 2. The molecule has 1 heterocycles. The Morgan fingerprint density at radius 2 is 2.06 bits per heavy atom. The Kier molecular flexibility index (Phi) is 2.59. The highest BCUT2D eigenvalue weighted by Crippen LogP contribution is 2.19. The van der Waals surface area contributed by atoms with Crippen LogP contribution in [0.4, 0.5) is 5.82 Å². The van der Waals surface area contributed by atoms with Crippen LogP contribution in [-0.2, 0) is 0 Å². The SMILES string of the molecule is Cc1ccc(C)c(-n2nc(C(=O)O)cc2N)c1. The summed E-state index contributed by atoms with van der Waals surface area (Å²) in [5.74, 6) is -0.767. The molecule has 5 heteroatoms. The molecular formula is C12H13N3O2. The van der Waals surface area contributed by atoms with Gasteiger partial charge in [0.25, 0.3) is 0 Å².